The Morgan fingerprint density at radius 3 is 2.28 bits per heavy atom. The number of ether oxygens (including phenoxy) is 4. The summed E-state index contributed by atoms with van der Waals surface area (Å²) in [6.45, 7) is 13.2. The number of thiazole rings is 1. The van der Waals surface area contributed by atoms with E-state index in [-0.39, 0.29) is 33.9 Å². The first-order valence-corrected chi connectivity index (χ1v) is 17.0. The van der Waals surface area contributed by atoms with Gasteiger partial charge in [-0.05, 0) is 74.6 Å². The fourth-order valence-corrected chi connectivity index (χ4v) is 5.92. The fraction of sp³-hybridized carbons (Fsp3) is 0.444. The first-order valence-electron chi connectivity index (χ1n) is 16.2. The average Bonchev–Trinajstić information content (AvgIpc) is 3.56. The zero-order chi connectivity index (χ0) is 34.1. The maximum atomic E-state index is 13.8. The lowest BCUT2D eigenvalue weighted by Gasteiger charge is -2.24. The third kappa shape index (κ3) is 8.32. The number of hydrogen-bond donors (Lipinski definition) is 1. The molecule has 4 rings (SSSR count). The third-order valence-corrected chi connectivity index (χ3v) is 8.54. The molecule has 1 unspecified atom stereocenters. The summed E-state index contributed by atoms with van der Waals surface area (Å²) in [6.07, 6.45) is 3.73. The van der Waals surface area contributed by atoms with E-state index in [9.17, 15) is 19.5 Å². The van der Waals surface area contributed by atoms with Crippen molar-refractivity contribution in [2.45, 2.75) is 73.3 Å². The van der Waals surface area contributed by atoms with Crippen LogP contribution in [0.4, 0.5) is 5.13 Å². The number of aliphatic hydroxyl groups excluding tert-OH is 1. The predicted molar refractivity (Wildman–Crippen MR) is 182 cm³/mol. The molecule has 1 aliphatic rings. The molecular weight excluding hydrogens is 620 g/mol. The molecule has 2 aromatic carbocycles. The normalized spacial score (nSPS) is 15.7. The first-order chi connectivity index (χ1) is 22.6. The van der Waals surface area contributed by atoms with Gasteiger partial charge >= 0.3 is 11.9 Å². The summed E-state index contributed by atoms with van der Waals surface area (Å²) in [5.41, 5.74) is 1.09. The Morgan fingerprint density at radius 1 is 0.957 bits per heavy atom. The van der Waals surface area contributed by atoms with Gasteiger partial charge in [-0.2, -0.15) is 0 Å². The van der Waals surface area contributed by atoms with Crippen LogP contribution in [0.25, 0.3) is 5.76 Å². The molecule has 11 heteroatoms. The number of unbranched alkanes of at least 4 members (excludes halogenated alkanes) is 2. The number of carbonyl (C=O) groups excluding carboxylic acids is 3. The monoisotopic (exact) mass is 664 g/mol. The molecular formula is C36H44N2O8S. The second-order valence-electron chi connectivity index (χ2n) is 11.6. The van der Waals surface area contributed by atoms with Crippen LogP contribution in [0, 0.1) is 12.8 Å². The topological polar surface area (TPSA) is 124 Å². The van der Waals surface area contributed by atoms with E-state index in [0.29, 0.717) is 53.9 Å². The molecule has 1 N–H and O–H groups in total. The van der Waals surface area contributed by atoms with Crippen molar-refractivity contribution in [2.75, 3.05) is 31.3 Å². The Kier molecular flexibility index (Phi) is 12.4. The van der Waals surface area contributed by atoms with Crippen LogP contribution in [-0.4, -0.2) is 54.2 Å². The molecule has 1 aliphatic heterocycles. The van der Waals surface area contributed by atoms with Crippen molar-refractivity contribution in [1.82, 2.24) is 4.98 Å². The quantitative estimate of drug-likeness (QED) is 0.0541. The van der Waals surface area contributed by atoms with Gasteiger partial charge in [-0.15, -0.1) is 0 Å². The summed E-state index contributed by atoms with van der Waals surface area (Å²) in [5, 5.41) is 11.8. The van der Waals surface area contributed by atoms with Crippen LogP contribution in [0.15, 0.2) is 48.0 Å². The second-order valence-corrected chi connectivity index (χ2v) is 12.6. The van der Waals surface area contributed by atoms with Crippen LogP contribution < -0.4 is 19.1 Å². The molecule has 1 saturated heterocycles. The van der Waals surface area contributed by atoms with Gasteiger partial charge in [0.05, 0.1) is 43.7 Å². The van der Waals surface area contributed by atoms with E-state index in [2.05, 4.69) is 18.8 Å². The summed E-state index contributed by atoms with van der Waals surface area (Å²) < 4.78 is 23.1. The molecule has 1 fully saturated rings. The highest BCUT2D eigenvalue weighted by molar-refractivity contribution is 7.17. The van der Waals surface area contributed by atoms with Crippen LogP contribution in [0.2, 0.25) is 0 Å². The minimum Gasteiger partial charge on any atom is -0.507 e. The number of hydrogen-bond acceptors (Lipinski definition) is 10. The number of anilines is 1. The molecule has 3 aromatic rings. The van der Waals surface area contributed by atoms with Gasteiger partial charge in [0.2, 0.25) is 0 Å². The lowest BCUT2D eigenvalue weighted by Crippen LogP contribution is -2.29. The van der Waals surface area contributed by atoms with E-state index >= 15 is 0 Å². The zero-order valence-corrected chi connectivity index (χ0v) is 28.8. The molecule has 1 aromatic heterocycles. The van der Waals surface area contributed by atoms with Gasteiger partial charge in [0.25, 0.3) is 5.78 Å². The number of ketones is 1. The number of benzene rings is 2. The molecule has 0 radical (unpaired) electrons. The van der Waals surface area contributed by atoms with E-state index in [0.717, 1.165) is 37.0 Å². The van der Waals surface area contributed by atoms with Crippen molar-refractivity contribution in [1.29, 1.82) is 0 Å². The number of carbonyl (C=O) groups is 3. The number of nitrogens with zero attached hydrogens (tertiary/aromatic N) is 2. The Morgan fingerprint density at radius 2 is 1.64 bits per heavy atom. The molecule has 10 nitrogen and oxygen atoms in total. The molecule has 2 heterocycles. The van der Waals surface area contributed by atoms with E-state index in [1.54, 1.807) is 49.4 Å². The van der Waals surface area contributed by atoms with Crippen LogP contribution >= 0.6 is 11.3 Å². The highest BCUT2D eigenvalue weighted by atomic mass is 32.1. The largest absolute Gasteiger partial charge is 0.507 e. The SMILES string of the molecule is CCCCOc1ccc(/C(O)=C2/C(=O)C(=O)N(c3nc(C)c(C(=O)OCC(C)C)s3)C2c2ccc(OCCCC)c(OCC)c2)cc1. The Bertz CT molecular complexity index is 1590. The molecule has 1 amide bonds. The number of aromatic nitrogens is 1. The van der Waals surface area contributed by atoms with Gasteiger partial charge in [0, 0.05) is 5.56 Å². The van der Waals surface area contributed by atoms with Crippen molar-refractivity contribution in [2.24, 2.45) is 5.92 Å². The van der Waals surface area contributed by atoms with Gasteiger partial charge in [-0.1, -0.05) is 57.9 Å². The van der Waals surface area contributed by atoms with Crippen molar-refractivity contribution in [3.8, 4) is 17.2 Å². The highest BCUT2D eigenvalue weighted by Gasteiger charge is 2.48. The Hall–Kier alpha value is -4.38. The molecule has 47 heavy (non-hydrogen) atoms. The van der Waals surface area contributed by atoms with Crippen molar-refractivity contribution in [3.05, 3.63) is 69.7 Å². The van der Waals surface area contributed by atoms with Gasteiger partial charge in [0.1, 0.15) is 16.4 Å². The number of esters is 1. The molecule has 0 bridgehead atoms. The number of rotatable bonds is 16. The van der Waals surface area contributed by atoms with Gasteiger partial charge < -0.3 is 24.1 Å². The van der Waals surface area contributed by atoms with Crippen LogP contribution in [0.1, 0.15) is 92.8 Å². The fourth-order valence-electron chi connectivity index (χ4n) is 4.94. The van der Waals surface area contributed by atoms with Gasteiger partial charge in [-0.3, -0.25) is 14.5 Å². The van der Waals surface area contributed by atoms with Crippen molar-refractivity contribution < 1.29 is 38.4 Å². The number of Topliss-reactive ketones (excluding diaryl/α,β-unsaturated/α-hetero) is 1. The number of amides is 1. The van der Waals surface area contributed by atoms with E-state index in [1.165, 1.54) is 4.90 Å². The summed E-state index contributed by atoms with van der Waals surface area (Å²) in [6, 6.07) is 10.8. The van der Waals surface area contributed by atoms with E-state index < -0.39 is 23.7 Å². The van der Waals surface area contributed by atoms with Crippen molar-refractivity contribution in [3.63, 3.8) is 0 Å². The number of aliphatic hydroxyl groups is 1. The highest BCUT2D eigenvalue weighted by Crippen LogP contribution is 2.45. The summed E-state index contributed by atoms with van der Waals surface area (Å²) in [4.78, 5) is 46.5. The molecule has 0 aliphatic carbocycles. The van der Waals surface area contributed by atoms with Gasteiger partial charge in [-0.25, -0.2) is 9.78 Å². The van der Waals surface area contributed by atoms with E-state index in [4.69, 9.17) is 18.9 Å². The third-order valence-electron chi connectivity index (χ3n) is 7.40. The maximum absolute atomic E-state index is 13.8. The molecule has 252 valence electrons. The minimum absolute atomic E-state index is 0.117. The summed E-state index contributed by atoms with van der Waals surface area (Å²) >= 11 is 0.963. The second kappa shape index (κ2) is 16.4. The predicted octanol–water partition coefficient (Wildman–Crippen LogP) is 7.65. The lowest BCUT2D eigenvalue weighted by atomic mass is 9.95. The Balaban J connectivity index is 1.83. The van der Waals surface area contributed by atoms with E-state index in [1.807, 2.05) is 20.8 Å². The smallest absolute Gasteiger partial charge is 0.350 e. The average molecular weight is 665 g/mol. The Labute approximate surface area is 280 Å². The summed E-state index contributed by atoms with van der Waals surface area (Å²) in [7, 11) is 0. The lowest BCUT2D eigenvalue weighted by molar-refractivity contribution is -0.132. The first kappa shape index (κ1) is 35.5. The summed E-state index contributed by atoms with van der Waals surface area (Å²) in [5.74, 6) is -0.934. The molecule has 0 saturated carbocycles. The van der Waals surface area contributed by atoms with Gasteiger partial charge in [0.15, 0.2) is 16.6 Å². The number of aryl methyl sites for hydroxylation is 1. The van der Waals surface area contributed by atoms with Crippen LogP contribution in [-0.2, 0) is 14.3 Å². The zero-order valence-electron chi connectivity index (χ0n) is 28.0. The molecule has 0 spiro atoms. The molecule has 1 atom stereocenters. The van der Waals surface area contributed by atoms with Crippen molar-refractivity contribution >= 4 is 39.9 Å². The maximum Gasteiger partial charge on any atom is 0.350 e. The standard InChI is InChI=1S/C36H44N2O8S/c1-7-10-18-44-26-15-12-24(13-16-26)31(39)29-30(25-14-17-27(45-19-11-8-2)28(20-25)43-9-3)38(34(41)32(29)40)36-37-23(6)33(47-36)35(42)46-21-22(4)5/h12-17,20,22,30,39H,7-11,18-19,21H2,1-6H3/b31-29-. The van der Waals surface area contributed by atoms with Crippen LogP contribution in [0.3, 0.4) is 0 Å². The minimum atomic E-state index is -1.08. The van der Waals surface area contributed by atoms with Crippen LogP contribution in [0.5, 0.6) is 17.2 Å².